The van der Waals surface area contributed by atoms with E-state index in [0.29, 0.717) is 0 Å². The van der Waals surface area contributed by atoms with Crippen LogP contribution < -0.4 is 29.6 Å². The van der Waals surface area contributed by atoms with Crippen LogP contribution in [0.1, 0.15) is 5.56 Å². The number of aromatic amines is 1. The van der Waals surface area contributed by atoms with E-state index in [4.69, 9.17) is 4.74 Å². The molecule has 1 aliphatic rings. The first-order valence-corrected chi connectivity index (χ1v) is 5.69. The predicted molar refractivity (Wildman–Crippen MR) is 63.2 cm³/mol. The largest absolute Gasteiger partial charge is 1.00 e. The fourth-order valence-corrected chi connectivity index (χ4v) is 2.20. The summed E-state index contributed by atoms with van der Waals surface area (Å²) in [5, 5.41) is 1.31. The number of hydrogen-bond acceptors (Lipinski definition) is 2. The maximum Gasteiger partial charge on any atom is 1.00 e. The summed E-state index contributed by atoms with van der Waals surface area (Å²) in [7, 11) is 0. The number of nitrogens with one attached hydrogen (secondary N) is 1. The second-order valence-electron chi connectivity index (χ2n) is 4.17. The van der Waals surface area contributed by atoms with Crippen LogP contribution in [0.5, 0.6) is 0 Å². The van der Waals surface area contributed by atoms with Crippen LogP contribution in [0.15, 0.2) is 24.4 Å². The smallest absolute Gasteiger partial charge is 0.414 e. The zero-order chi connectivity index (χ0) is 10.8. The quantitative estimate of drug-likeness (QED) is 0.526. The molecule has 1 aliphatic heterocycles. The molecule has 0 bridgehead atoms. The Morgan fingerprint density at radius 1 is 1.35 bits per heavy atom. The molecule has 0 atom stereocenters. The second-order valence-corrected chi connectivity index (χ2v) is 4.17. The molecule has 1 fully saturated rings. The van der Waals surface area contributed by atoms with Gasteiger partial charge in [0.25, 0.3) is 0 Å². The van der Waals surface area contributed by atoms with E-state index in [9.17, 15) is 0 Å². The Kier molecular flexibility index (Phi) is 4.65. The molecule has 0 saturated carbocycles. The van der Waals surface area contributed by atoms with Gasteiger partial charge in [-0.15, -0.1) is 5.39 Å². The number of morpholine rings is 1. The van der Waals surface area contributed by atoms with E-state index in [1.54, 1.807) is 0 Å². The van der Waals surface area contributed by atoms with Crippen molar-refractivity contribution in [2.45, 2.75) is 6.54 Å². The Morgan fingerprint density at radius 2 is 2.18 bits per heavy atom. The summed E-state index contributed by atoms with van der Waals surface area (Å²) in [6.07, 6.45) is 2.11. The monoisotopic (exact) mass is 238 g/mol. The molecule has 2 heterocycles. The van der Waals surface area contributed by atoms with Crippen molar-refractivity contribution >= 4 is 10.9 Å². The van der Waals surface area contributed by atoms with Gasteiger partial charge in [0.05, 0.1) is 13.2 Å². The maximum atomic E-state index is 5.35. The summed E-state index contributed by atoms with van der Waals surface area (Å²) in [5.74, 6) is 0. The number of hydrogen-bond donors (Lipinski definition) is 1. The minimum Gasteiger partial charge on any atom is -0.414 e. The van der Waals surface area contributed by atoms with Crippen molar-refractivity contribution in [1.29, 1.82) is 0 Å². The van der Waals surface area contributed by atoms with Crippen LogP contribution in [0.4, 0.5) is 0 Å². The van der Waals surface area contributed by atoms with E-state index in [2.05, 4.69) is 28.2 Å². The summed E-state index contributed by atoms with van der Waals surface area (Å²) in [6, 6.07) is 9.18. The molecular weight excluding hydrogens is 223 g/mol. The molecule has 3 rings (SSSR count). The molecule has 1 N–H and O–H groups in total. The van der Waals surface area contributed by atoms with Gasteiger partial charge in [0.15, 0.2) is 0 Å². The number of aromatic nitrogens is 1. The summed E-state index contributed by atoms with van der Waals surface area (Å²) >= 11 is 0. The Bertz CT molecular complexity index is 477. The average molecular weight is 238 g/mol. The normalized spacial score (nSPS) is 16.9. The molecule has 0 amide bonds. The fourth-order valence-electron chi connectivity index (χ4n) is 2.20. The standard InChI is InChI=1S/C13H15N2O.Na/c1-2-4-13-12(3-1)11(9-14-13)10-15-5-7-16-8-6-15;/h1,3-4,9,14H,5-8,10H2;/q-1;+1. The van der Waals surface area contributed by atoms with Gasteiger partial charge < -0.3 is 9.72 Å². The Labute approximate surface area is 123 Å². The van der Waals surface area contributed by atoms with Crippen LogP contribution in [-0.4, -0.2) is 36.2 Å². The molecule has 4 heteroatoms. The van der Waals surface area contributed by atoms with Gasteiger partial charge in [-0.1, -0.05) is 5.52 Å². The average Bonchev–Trinajstić information content (AvgIpc) is 2.74. The van der Waals surface area contributed by atoms with Gasteiger partial charge in [-0.05, 0) is 11.8 Å². The first kappa shape index (κ1) is 13.1. The summed E-state index contributed by atoms with van der Waals surface area (Å²) in [5.41, 5.74) is 2.54. The van der Waals surface area contributed by atoms with Crippen LogP contribution in [0.2, 0.25) is 0 Å². The number of benzene rings is 1. The Hall–Kier alpha value is -0.320. The molecule has 84 valence electrons. The van der Waals surface area contributed by atoms with E-state index < -0.39 is 0 Å². The summed E-state index contributed by atoms with van der Waals surface area (Å²) in [4.78, 5) is 5.72. The Balaban J connectivity index is 0.00000108. The first-order valence-electron chi connectivity index (χ1n) is 5.69. The van der Waals surface area contributed by atoms with Gasteiger partial charge in [-0.25, -0.2) is 0 Å². The number of fused-ring (bicyclic) bond motifs is 1. The molecule has 17 heavy (non-hydrogen) atoms. The van der Waals surface area contributed by atoms with Gasteiger partial charge in [0.2, 0.25) is 0 Å². The second kappa shape index (κ2) is 6.03. The predicted octanol–water partition coefficient (Wildman–Crippen LogP) is -1.20. The number of rotatable bonds is 2. The molecule has 1 saturated heterocycles. The molecule has 2 aromatic rings. The van der Waals surface area contributed by atoms with E-state index in [-0.39, 0.29) is 29.6 Å². The number of ether oxygens (including phenoxy) is 1. The third-order valence-electron chi connectivity index (χ3n) is 3.11. The molecule has 3 nitrogen and oxygen atoms in total. The first-order chi connectivity index (χ1) is 7.93. The van der Waals surface area contributed by atoms with Gasteiger partial charge in [0.1, 0.15) is 0 Å². The summed E-state index contributed by atoms with van der Waals surface area (Å²) in [6.45, 7) is 4.79. The van der Waals surface area contributed by atoms with Crippen LogP contribution in [-0.2, 0) is 11.3 Å². The van der Waals surface area contributed by atoms with Crippen molar-refractivity contribution in [1.82, 2.24) is 9.88 Å². The molecule has 0 unspecified atom stereocenters. The molecule has 0 radical (unpaired) electrons. The van der Waals surface area contributed by atoms with Crippen molar-refractivity contribution in [3.05, 3.63) is 36.0 Å². The number of nitrogens with zero attached hydrogens (tertiary/aromatic N) is 1. The van der Waals surface area contributed by atoms with Gasteiger partial charge in [-0.2, -0.15) is 24.3 Å². The minimum atomic E-state index is 0. The van der Waals surface area contributed by atoms with E-state index in [1.807, 2.05) is 12.1 Å². The third kappa shape index (κ3) is 2.92. The molecule has 0 aliphatic carbocycles. The SMILES string of the molecule is [Na+].[c-]1ccc2c(CN3CCOCC3)c[nH]c2c1. The zero-order valence-corrected chi connectivity index (χ0v) is 12.2. The summed E-state index contributed by atoms with van der Waals surface area (Å²) < 4.78 is 5.35. The van der Waals surface area contributed by atoms with Crippen molar-refractivity contribution in [3.63, 3.8) is 0 Å². The molecule has 1 aromatic heterocycles. The molecule has 1 aromatic carbocycles. The van der Waals surface area contributed by atoms with Crippen LogP contribution in [0, 0.1) is 6.07 Å². The van der Waals surface area contributed by atoms with Crippen molar-refractivity contribution in [2.75, 3.05) is 26.3 Å². The van der Waals surface area contributed by atoms with Crippen molar-refractivity contribution in [3.8, 4) is 0 Å². The molecular formula is C13H15N2NaO. The van der Waals surface area contributed by atoms with Crippen LogP contribution >= 0.6 is 0 Å². The third-order valence-corrected chi connectivity index (χ3v) is 3.11. The van der Waals surface area contributed by atoms with E-state index in [1.165, 1.54) is 16.5 Å². The van der Waals surface area contributed by atoms with E-state index >= 15 is 0 Å². The van der Waals surface area contributed by atoms with Crippen molar-refractivity contribution < 1.29 is 34.3 Å². The topological polar surface area (TPSA) is 28.3 Å². The minimum absolute atomic E-state index is 0. The van der Waals surface area contributed by atoms with Gasteiger partial charge >= 0.3 is 29.6 Å². The molecule has 0 spiro atoms. The number of H-pyrrole nitrogens is 1. The Morgan fingerprint density at radius 3 is 3.00 bits per heavy atom. The fraction of sp³-hybridized carbons (Fsp3) is 0.385. The zero-order valence-electron chi connectivity index (χ0n) is 10.2. The van der Waals surface area contributed by atoms with Gasteiger partial charge in [-0.3, -0.25) is 4.90 Å². The van der Waals surface area contributed by atoms with Crippen LogP contribution in [0.3, 0.4) is 0 Å². The van der Waals surface area contributed by atoms with E-state index in [0.717, 1.165) is 32.8 Å². The maximum absolute atomic E-state index is 5.35. The van der Waals surface area contributed by atoms with Gasteiger partial charge in [0, 0.05) is 19.6 Å². The van der Waals surface area contributed by atoms with Crippen LogP contribution in [0.25, 0.3) is 10.9 Å². The van der Waals surface area contributed by atoms with Crippen molar-refractivity contribution in [2.24, 2.45) is 0 Å².